The summed E-state index contributed by atoms with van der Waals surface area (Å²) in [6.07, 6.45) is -12.4. The van der Waals surface area contributed by atoms with Gasteiger partial charge in [-0.25, -0.2) is 19.8 Å². The summed E-state index contributed by atoms with van der Waals surface area (Å²) in [6, 6.07) is -2.22. The van der Waals surface area contributed by atoms with Crippen LogP contribution >= 0.6 is 0 Å². The number of halogens is 6. The molecule has 7 N–H and O–H groups in total. The van der Waals surface area contributed by atoms with Crippen molar-refractivity contribution in [2.45, 2.75) is 48.4 Å². The Labute approximate surface area is 220 Å². The Hall–Kier alpha value is -3.84. The molecule has 2 fully saturated rings. The van der Waals surface area contributed by atoms with Crippen LogP contribution in [0.4, 0.5) is 26.3 Å². The maximum absolute atomic E-state index is 13.5. The van der Waals surface area contributed by atoms with E-state index in [4.69, 9.17) is 21.0 Å². The number of ether oxygens (including phenoxy) is 1. The molecule has 0 saturated carbocycles. The number of benzene rings is 1. The van der Waals surface area contributed by atoms with E-state index in [0.29, 0.717) is 0 Å². The highest BCUT2D eigenvalue weighted by Crippen LogP contribution is 2.46. The quantitative estimate of drug-likeness (QED) is 0.169. The average Bonchev–Trinajstić information content (AvgIpc) is 3.47. The molecule has 1 amide bonds. The molecule has 218 valence electrons. The first-order valence-electron chi connectivity index (χ1n) is 11.6. The third-order valence-corrected chi connectivity index (χ3v) is 7.06. The topological polar surface area (TPSA) is 188 Å². The summed E-state index contributed by atoms with van der Waals surface area (Å²) in [6.45, 7) is -0.849. The normalized spacial score (nSPS) is 29.5. The van der Waals surface area contributed by atoms with Crippen molar-refractivity contribution in [3.8, 4) is 0 Å². The molecular weight excluding hydrogens is 560 g/mol. The van der Waals surface area contributed by atoms with Crippen LogP contribution in [0.5, 0.6) is 0 Å². The molecule has 0 aromatic heterocycles. The van der Waals surface area contributed by atoms with Crippen molar-refractivity contribution in [1.29, 1.82) is 0 Å². The van der Waals surface area contributed by atoms with Crippen LogP contribution in [0.15, 0.2) is 28.2 Å². The van der Waals surface area contributed by atoms with Crippen molar-refractivity contribution in [2.75, 3.05) is 19.7 Å². The highest BCUT2D eigenvalue weighted by atomic mass is 19.4. The second-order valence-electron chi connectivity index (χ2n) is 9.43. The second-order valence-corrected chi connectivity index (χ2v) is 9.43. The van der Waals surface area contributed by atoms with Gasteiger partial charge in [-0.05, 0) is 18.2 Å². The Balaban J connectivity index is 1.49. The van der Waals surface area contributed by atoms with Crippen LogP contribution < -0.4 is 16.8 Å². The van der Waals surface area contributed by atoms with Gasteiger partial charge in [-0.2, -0.15) is 26.3 Å². The van der Waals surface area contributed by atoms with Gasteiger partial charge in [0.2, 0.25) is 11.7 Å². The van der Waals surface area contributed by atoms with E-state index in [0.717, 1.165) is 9.96 Å². The fourth-order valence-corrected chi connectivity index (χ4v) is 5.27. The zero-order valence-corrected chi connectivity index (χ0v) is 20.0. The molecule has 5 rings (SSSR count). The molecule has 2 saturated heterocycles. The third kappa shape index (κ3) is 4.15. The van der Waals surface area contributed by atoms with E-state index in [1.54, 1.807) is 0 Å². The highest BCUT2D eigenvalue weighted by molar-refractivity contribution is 5.92. The zero-order valence-electron chi connectivity index (χ0n) is 20.0. The first kappa shape index (κ1) is 27.7. The fraction of sp³-hybridized carbons (Fsp3) is 0.524. The minimum Gasteiger partial charge on any atom is -0.451 e. The van der Waals surface area contributed by atoms with E-state index in [1.807, 2.05) is 0 Å². The smallest absolute Gasteiger partial charge is 0.417 e. The molecule has 0 radical (unpaired) electrons. The number of alkyl halides is 6. The number of hydroxylamine groups is 2. The van der Waals surface area contributed by atoms with Crippen LogP contribution in [0, 0.1) is 0 Å². The molecule has 1 aromatic rings. The largest absolute Gasteiger partial charge is 0.451 e. The Bertz CT molecular complexity index is 1320. The zero-order chi connectivity index (χ0) is 29.4. The lowest BCUT2D eigenvalue weighted by molar-refractivity contribution is -0.257. The molecule has 1 spiro atoms. The van der Waals surface area contributed by atoms with E-state index in [9.17, 15) is 46.1 Å². The Morgan fingerprint density at radius 1 is 1.18 bits per heavy atom. The summed E-state index contributed by atoms with van der Waals surface area (Å²) in [5, 5.41) is 26.1. The molecule has 0 bridgehead atoms. The summed E-state index contributed by atoms with van der Waals surface area (Å²) in [5.74, 6) is -6.22. The standard InChI is InChI=1S/C21H21F6N7O6/c22-20(23,24)8-1-2-10(21(25,26)27)9(5-8)15(36)40-12-7-33-17(29)30-11(6-34-13(35)3-4-39-34)14-18(33,19(12,37)38)32-16(28)31-14/h1-2,5,11-12,14,37-38H,3-4,6-7H2,(H2,29,30)(H3,28,31,32). The number of aliphatic imine (C=N–C) groups is 2. The summed E-state index contributed by atoms with van der Waals surface area (Å²) in [5.41, 5.74) is 4.88. The number of amides is 1. The van der Waals surface area contributed by atoms with Crippen LogP contribution in [-0.2, 0) is 26.7 Å². The number of hydrogen-bond donors (Lipinski definition) is 5. The van der Waals surface area contributed by atoms with Crippen LogP contribution in [0.3, 0.4) is 0 Å². The molecular formula is C21H21F6N7O6. The van der Waals surface area contributed by atoms with E-state index in [1.165, 1.54) is 0 Å². The summed E-state index contributed by atoms with van der Waals surface area (Å²) in [7, 11) is 0. The maximum atomic E-state index is 13.5. The fourth-order valence-electron chi connectivity index (χ4n) is 5.27. The van der Waals surface area contributed by atoms with Crippen molar-refractivity contribution in [1.82, 2.24) is 15.3 Å². The molecule has 0 aliphatic carbocycles. The number of nitrogens with one attached hydrogen (secondary N) is 1. The van der Waals surface area contributed by atoms with Gasteiger partial charge in [-0.3, -0.25) is 9.63 Å². The van der Waals surface area contributed by atoms with E-state index < -0.39 is 77.1 Å². The molecule has 13 nitrogen and oxygen atoms in total. The molecule has 40 heavy (non-hydrogen) atoms. The summed E-state index contributed by atoms with van der Waals surface area (Å²) < 4.78 is 85.3. The van der Waals surface area contributed by atoms with Crippen LogP contribution in [0.25, 0.3) is 0 Å². The second kappa shape index (κ2) is 8.83. The van der Waals surface area contributed by atoms with Gasteiger partial charge in [-0.1, -0.05) is 0 Å². The van der Waals surface area contributed by atoms with Crippen LogP contribution in [-0.4, -0.2) is 93.3 Å². The monoisotopic (exact) mass is 581 g/mol. The number of guanidine groups is 2. The number of carbonyl (C=O) groups excluding carboxylic acids is 2. The minimum absolute atomic E-state index is 0.0429. The number of nitrogens with two attached hydrogens (primary N) is 2. The number of esters is 1. The van der Waals surface area contributed by atoms with E-state index in [-0.39, 0.29) is 49.7 Å². The van der Waals surface area contributed by atoms with Gasteiger partial charge >= 0.3 is 18.3 Å². The van der Waals surface area contributed by atoms with Crippen molar-refractivity contribution in [3.63, 3.8) is 0 Å². The predicted octanol–water partition coefficient (Wildman–Crippen LogP) is -0.910. The van der Waals surface area contributed by atoms with Gasteiger partial charge in [0.25, 0.3) is 0 Å². The molecule has 4 aliphatic rings. The van der Waals surface area contributed by atoms with Gasteiger partial charge in [-0.15, -0.1) is 0 Å². The number of rotatable bonds is 4. The van der Waals surface area contributed by atoms with Crippen molar-refractivity contribution in [2.24, 2.45) is 21.5 Å². The number of carbonyl (C=O) groups is 2. The molecule has 19 heteroatoms. The van der Waals surface area contributed by atoms with Crippen molar-refractivity contribution in [3.05, 3.63) is 34.9 Å². The lowest BCUT2D eigenvalue weighted by Crippen LogP contribution is -2.77. The Kier molecular flexibility index (Phi) is 6.12. The Morgan fingerprint density at radius 2 is 1.88 bits per heavy atom. The van der Waals surface area contributed by atoms with Crippen molar-refractivity contribution >= 4 is 23.8 Å². The Morgan fingerprint density at radius 3 is 2.48 bits per heavy atom. The molecule has 4 atom stereocenters. The first-order chi connectivity index (χ1) is 18.5. The molecule has 4 heterocycles. The average molecular weight is 581 g/mol. The summed E-state index contributed by atoms with van der Waals surface area (Å²) in [4.78, 5) is 39.5. The lowest BCUT2D eigenvalue weighted by Gasteiger charge is -2.48. The van der Waals surface area contributed by atoms with Crippen molar-refractivity contribution < 1.29 is 55.7 Å². The SMILES string of the molecule is NC1=NC2C(CN3OCCC3=O)N=C(N)N3CC(OC(=O)c4cc(C(F)(F)F)ccc4C(F)(F)F)C(O)(O)C23N1. The molecule has 4 aliphatic heterocycles. The first-order valence-corrected chi connectivity index (χ1v) is 11.6. The van der Waals surface area contributed by atoms with Crippen LogP contribution in [0.2, 0.25) is 0 Å². The van der Waals surface area contributed by atoms with Gasteiger partial charge in [0.15, 0.2) is 23.7 Å². The maximum Gasteiger partial charge on any atom is 0.417 e. The number of aliphatic hydroxyl groups is 2. The van der Waals surface area contributed by atoms with Gasteiger partial charge in [0, 0.05) is 0 Å². The third-order valence-electron chi connectivity index (χ3n) is 7.06. The number of hydrogen-bond acceptors (Lipinski definition) is 12. The van der Waals surface area contributed by atoms with E-state index >= 15 is 0 Å². The minimum atomic E-state index is -5.25. The highest BCUT2D eigenvalue weighted by Gasteiger charge is 2.74. The number of nitrogens with zero attached hydrogens (tertiary/aromatic N) is 4. The molecule has 4 unspecified atom stereocenters. The summed E-state index contributed by atoms with van der Waals surface area (Å²) >= 11 is 0. The predicted molar refractivity (Wildman–Crippen MR) is 118 cm³/mol. The van der Waals surface area contributed by atoms with Gasteiger partial charge < -0.3 is 36.6 Å². The van der Waals surface area contributed by atoms with Gasteiger partial charge in [0.1, 0.15) is 12.1 Å². The lowest BCUT2D eigenvalue weighted by atomic mass is 9.85. The van der Waals surface area contributed by atoms with E-state index in [2.05, 4.69) is 15.3 Å². The van der Waals surface area contributed by atoms with Gasteiger partial charge in [0.05, 0.1) is 42.8 Å². The molecule has 1 aromatic carbocycles. The van der Waals surface area contributed by atoms with Crippen LogP contribution in [0.1, 0.15) is 27.9 Å².